The fourth-order valence-corrected chi connectivity index (χ4v) is 5.24. The molecule has 2 aromatic heterocycles. The summed E-state index contributed by atoms with van der Waals surface area (Å²) in [5.41, 5.74) is 2.58. The molecule has 0 saturated carbocycles. The number of hydrogen-bond acceptors (Lipinski definition) is 9. The van der Waals surface area contributed by atoms with E-state index in [2.05, 4.69) is 20.4 Å². The van der Waals surface area contributed by atoms with Crippen LogP contribution in [-0.2, 0) is 9.53 Å². The minimum Gasteiger partial charge on any atom is -0.497 e. The third-order valence-corrected chi connectivity index (χ3v) is 7.16. The van der Waals surface area contributed by atoms with Crippen molar-refractivity contribution in [3.63, 3.8) is 0 Å². The third-order valence-electron chi connectivity index (χ3n) is 5.14. The molecule has 2 aromatic carbocycles. The first-order valence-electron chi connectivity index (χ1n) is 10.4. The molecule has 33 heavy (non-hydrogen) atoms. The number of amides is 1. The van der Waals surface area contributed by atoms with Gasteiger partial charge in [-0.2, -0.15) is 0 Å². The highest BCUT2D eigenvalue weighted by Crippen LogP contribution is 2.31. The summed E-state index contributed by atoms with van der Waals surface area (Å²) in [6, 6.07) is 13.4. The Morgan fingerprint density at radius 3 is 2.82 bits per heavy atom. The monoisotopic (exact) mass is 482 g/mol. The number of hydrogen-bond donors (Lipinski definition) is 1. The molecule has 4 aromatic rings. The van der Waals surface area contributed by atoms with Crippen LogP contribution in [-0.4, -0.2) is 64.8 Å². The second kappa shape index (κ2) is 9.77. The Balaban J connectivity index is 1.22. The van der Waals surface area contributed by atoms with E-state index in [1.165, 1.54) is 11.8 Å². The minimum atomic E-state index is -0.110. The van der Waals surface area contributed by atoms with E-state index >= 15 is 0 Å². The lowest BCUT2D eigenvalue weighted by atomic mass is 10.3. The Morgan fingerprint density at radius 2 is 2.03 bits per heavy atom. The zero-order chi connectivity index (χ0) is 22.6. The number of benzene rings is 2. The maximum absolute atomic E-state index is 12.6. The smallest absolute Gasteiger partial charge is 0.234 e. The Hall–Kier alpha value is -3.15. The van der Waals surface area contributed by atoms with Crippen LogP contribution in [0, 0.1) is 0 Å². The molecule has 1 aliphatic rings. The summed E-state index contributed by atoms with van der Waals surface area (Å²) in [4.78, 5) is 19.5. The molecule has 0 bridgehead atoms. The van der Waals surface area contributed by atoms with Gasteiger partial charge >= 0.3 is 0 Å². The number of methoxy groups -OCH3 is 1. The lowest BCUT2D eigenvalue weighted by molar-refractivity contribution is -0.113. The fraction of sp³-hybridized carbons (Fsp3) is 0.273. The molecule has 0 aliphatic carbocycles. The van der Waals surface area contributed by atoms with Crippen LogP contribution in [0.15, 0.2) is 53.9 Å². The highest BCUT2D eigenvalue weighted by atomic mass is 32.2. The standard InChI is InChI=1S/C22H22N6O3S2/c1-30-17-5-3-16(4-6-17)28-14-23-26-22(28)32-13-20(29)24-15-2-7-18-19(12-15)33-21(25-18)27-8-10-31-11-9-27/h2-7,12,14H,8-11,13H2,1H3,(H,24,29). The van der Waals surface area contributed by atoms with Gasteiger partial charge in [0, 0.05) is 24.5 Å². The Labute approximate surface area is 198 Å². The van der Waals surface area contributed by atoms with Crippen LogP contribution in [0.25, 0.3) is 15.9 Å². The number of aromatic nitrogens is 4. The largest absolute Gasteiger partial charge is 0.497 e. The molecule has 11 heteroatoms. The van der Waals surface area contributed by atoms with E-state index in [0.717, 1.165) is 58.8 Å². The highest BCUT2D eigenvalue weighted by Gasteiger charge is 2.16. The maximum atomic E-state index is 12.6. The van der Waals surface area contributed by atoms with Crippen molar-refractivity contribution in [3.05, 3.63) is 48.8 Å². The molecule has 1 saturated heterocycles. The third kappa shape index (κ3) is 4.95. The summed E-state index contributed by atoms with van der Waals surface area (Å²) in [6.45, 7) is 3.14. The molecule has 9 nitrogen and oxygen atoms in total. The van der Waals surface area contributed by atoms with E-state index in [9.17, 15) is 4.79 Å². The number of ether oxygens (including phenoxy) is 2. The molecule has 1 fully saturated rings. The van der Waals surface area contributed by atoms with Crippen LogP contribution >= 0.6 is 23.1 Å². The molecular weight excluding hydrogens is 460 g/mol. The highest BCUT2D eigenvalue weighted by molar-refractivity contribution is 7.99. The number of nitrogens with one attached hydrogen (secondary N) is 1. The second-order valence-electron chi connectivity index (χ2n) is 7.30. The quantitative estimate of drug-likeness (QED) is 0.400. The molecule has 170 valence electrons. The lowest BCUT2D eigenvalue weighted by Gasteiger charge is -2.25. The second-order valence-corrected chi connectivity index (χ2v) is 9.25. The molecule has 3 heterocycles. The predicted molar refractivity (Wildman–Crippen MR) is 130 cm³/mol. The molecule has 5 rings (SSSR count). The van der Waals surface area contributed by atoms with Crippen molar-refractivity contribution in [3.8, 4) is 11.4 Å². The van der Waals surface area contributed by atoms with Gasteiger partial charge in [0.1, 0.15) is 12.1 Å². The average Bonchev–Trinajstić information content (AvgIpc) is 3.50. The van der Waals surface area contributed by atoms with Crippen LogP contribution in [0.4, 0.5) is 10.8 Å². The van der Waals surface area contributed by atoms with Crippen molar-refractivity contribution in [1.82, 2.24) is 19.7 Å². The van der Waals surface area contributed by atoms with Gasteiger partial charge in [-0.25, -0.2) is 4.98 Å². The van der Waals surface area contributed by atoms with Gasteiger partial charge in [0.25, 0.3) is 0 Å². The number of nitrogens with zero attached hydrogens (tertiary/aromatic N) is 5. The van der Waals surface area contributed by atoms with Gasteiger partial charge in [-0.3, -0.25) is 9.36 Å². The summed E-state index contributed by atoms with van der Waals surface area (Å²) < 4.78 is 13.5. The van der Waals surface area contributed by atoms with Crippen LogP contribution in [0.5, 0.6) is 5.75 Å². The van der Waals surface area contributed by atoms with Crippen LogP contribution < -0.4 is 15.0 Å². The summed E-state index contributed by atoms with van der Waals surface area (Å²) in [6.07, 6.45) is 1.63. The van der Waals surface area contributed by atoms with Gasteiger partial charge in [0.2, 0.25) is 5.91 Å². The minimum absolute atomic E-state index is 0.110. The van der Waals surface area contributed by atoms with E-state index in [0.29, 0.717) is 5.16 Å². The normalized spacial score (nSPS) is 13.9. The zero-order valence-corrected chi connectivity index (χ0v) is 19.6. The van der Waals surface area contributed by atoms with E-state index in [4.69, 9.17) is 14.5 Å². The van der Waals surface area contributed by atoms with Crippen molar-refractivity contribution in [2.75, 3.05) is 49.4 Å². The molecule has 0 unspecified atom stereocenters. The summed E-state index contributed by atoms with van der Waals surface area (Å²) >= 11 is 2.96. The Bertz CT molecular complexity index is 1250. The average molecular weight is 483 g/mol. The Kier molecular flexibility index (Phi) is 6.42. The van der Waals surface area contributed by atoms with Gasteiger partial charge < -0.3 is 19.7 Å². The van der Waals surface area contributed by atoms with E-state index < -0.39 is 0 Å². The van der Waals surface area contributed by atoms with Crippen molar-refractivity contribution in [2.45, 2.75) is 5.16 Å². The molecular formula is C22H22N6O3S2. The zero-order valence-electron chi connectivity index (χ0n) is 17.9. The number of rotatable bonds is 7. The Morgan fingerprint density at radius 1 is 1.21 bits per heavy atom. The molecule has 1 amide bonds. The first-order chi connectivity index (χ1) is 16.2. The fourth-order valence-electron chi connectivity index (χ4n) is 3.45. The number of carbonyl (C=O) groups is 1. The summed E-state index contributed by atoms with van der Waals surface area (Å²) in [5.74, 6) is 0.881. The number of thiazole rings is 1. The van der Waals surface area contributed by atoms with E-state index in [1.54, 1.807) is 24.8 Å². The SMILES string of the molecule is COc1ccc(-n2cnnc2SCC(=O)Nc2ccc3nc(N4CCOCC4)sc3c2)cc1. The topological polar surface area (TPSA) is 94.4 Å². The molecule has 0 atom stereocenters. The molecule has 1 N–H and O–H groups in total. The number of thioether (sulfide) groups is 1. The molecule has 0 radical (unpaired) electrons. The van der Waals surface area contributed by atoms with Gasteiger partial charge in [0.05, 0.1) is 36.3 Å². The summed E-state index contributed by atoms with van der Waals surface area (Å²) in [5, 5.41) is 12.7. The van der Waals surface area contributed by atoms with Crippen molar-refractivity contribution < 1.29 is 14.3 Å². The van der Waals surface area contributed by atoms with Gasteiger partial charge in [-0.1, -0.05) is 23.1 Å². The number of carbonyl (C=O) groups excluding carboxylic acids is 1. The van der Waals surface area contributed by atoms with Crippen LogP contribution in [0.1, 0.15) is 0 Å². The van der Waals surface area contributed by atoms with Crippen LogP contribution in [0.3, 0.4) is 0 Å². The van der Waals surface area contributed by atoms with Crippen molar-refractivity contribution in [2.24, 2.45) is 0 Å². The lowest BCUT2D eigenvalue weighted by Crippen LogP contribution is -2.36. The molecule has 1 aliphatic heterocycles. The maximum Gasteiger partial charge on any atom is 0.234 e. The predicted octanol–water partition coefficient (Wildman–Crippen LogP) is 3.45. The van der Waals surface area contributed by atoms with Gasteiger partial charge in [-0.05, 0) is 42.5 Å². The number of morpholine rings is 1. The molecule has 0 spiro atoms. The van der Waals surface area contributed by atoms with Gasteiger partial charge in [0.15, 0.2) is 10.3 Å². The van der Waals surface area contributed by atoms with E-state index in [-0.39, 0.29) is 11.7 Å². The number of anilines is 2. The van der Waals surface area contributed by atoms with Gasteiger partial charge in [-0.15, -0.1) is 10.2 Å². The first kappa shape index (κ1) is 21.7. The van der Waals surface area contributed by atoms with E-state index in [1.807, 2.05) is 47.0 Å². The van der Waals surface area contributed by atoms with Crippen LogP contribution in [0.2, 0.25) is 0 Å². The van der Waals surface area contributed by atoms with Crippen molar-refractivity contribution in [1.29, 1.82) is 0 Å². The van der Waals surface area contributed by atoms with Crippen molar-refractivity contribution >= 4 is 50.0 Å². The number of fused-ring (bicyclic) bond motifs is 1. The first-order valence-corrected chi connectivity index (χ1v) is 12.2. The summed E-state index contributed by atoms with van der Waals surface area (Å²) in [7, 11) is 1.63.